The molecule has 3 heterocycles. The molecule has 2 aliphatic rings. The number of nitrogens with zero attached hydrogens (tertiary/aromatic N) is 2. The highest BCUT2D eigenvalue weighted by Crippen LogP contribution is 2.30. The maximum atomic E-state index is 5.85. The van der Waals surface area contributed by atoms with Gasteiger partial charge in [-0.25, -0.2) is 0 Å². The number of hydrogen-bond donors (Lipinski definition) is 1. The fourth-order valence-electron chi connectivity index (χ4n) is 3.23. The lowest BCUT2D eigenvalue weighted by molar-refractivity contribution is 0.0487. The third-order valence-corrected chi connectivity index (χ3v) is 4.19. The summed E-state index contributed by atoms with van der Waals surface area (Å²) in [5.41, 5.74) is 1.46. The van der Waals surface area contributed by atoms with E-state index in [9.17, 15) is 0 Å². The van der Waals surface area contributed by atoms with Gasteiger partial charge in [0.15, 0.2) is 0 Å². The Morgan fingerprint density at radius 2 is 2.42 bits per heavy atom. The molecular formula is C15H23N3O. The second kappa shape index (κ2) is 5.99. The van der Waals surface area contributed by atoms with E-state index in [2.05, 4.69) is 27.3 Å². The molecule has 1 aromatic rings. The van der Waals surface area contributed by atoms with Crippen LogP contribution in [0.15, 0.2) is 24.4 Å². The van der Waals surface area contributed by atoms with E-state index in [1.807, 2.05) is 12.3 Å². The second-order valence-electron chi connectivity index (χ2n) is 5.86. The summed E-state index contributed by atoms with van der Waals surface area (Å²) in [6.07, 6.45) is 4.42. The zero-order valence-electron chi connectivity index (χ0n) is 11.5. The quantitative estimate of drug-likeness (QED) is 0.870. The summed E-state index contributed by atoms with van der Waals surface area (Å²) in [7, 11) is 0. The Balaban J connectivity index is 1.67. The highest BCUT2D eigenvalue weighted by Gasteiger charge is 2.36. The van der Waals surface area contributed by atoms with Crippen LogP contribution in [0.3, 0.4) is 0 Å². The minimum atomic E-state index is 0.309. The molecule has 4 nitrogen and oxygen atoms in total. The van der Waals surface area contributed by atoms with E-state index < -0.39 is 0 Å². The van der Waals surface area contributed by atoms with Crippen molar-refractivity contribution in [2.24, 2.45) is 5.41 Å². The summed E-state index contributed by atoms with van der Waals surface area (Å²) in [6, 6.07) is 6.15. The fourth-order valence-corrected chi connectivity index (χ4v) is 3.23. The molecule has 0 aliphatic carbocycles. The van der Waals surface area contributed by atoms with Gasteiger partial charge in [0.25, 0.3) is 0 Å². The monoisotopic (exact) mass is 261 g/mol. The summed E-state index contributed by atoms with van der Waals surface area (Å²) in [6.45, 7) is 7.06. The Morgan fingerprint density at radius 3 is 3.21 bits per heavy atom. The molecule has 0 unspecified atom stereocenters. The highest BCUT2D eigenvalue weighted by molar-refractivity contribution is 5.04. The van der Waals surface area contributed by atoms with Gasteiger partial charge in [0.05, 0.1) is 18.9 Å². The van der Waals surface area contributed by atoms with Crippen LogP contribution >= 0.6 is 0 Å². The molecule has 0 radical (unpaired) electrons. The second-order valence-corrected chi connectivity index (χ2v) is 5.86. The van der Waals surface area contributed by atoms with E-state index in [-0.39, 0.29) is 0 Å². The van der Waals surface area contributed by atoms with E-state index in [1.54, 1.807) is 0 Å². The van der Waals surface area contributed by atoms with Crippen molar-refractivity contribution in [3.05, 3.63) is 30.1 Å². The SMILES string of the molecule is c1ccc(CN2CCOC[C@]3(CCCNC3)C2)nc1. The zero-order valence-corrected chi connectivity index (χ0v) is 11.5. The first kappa shape index (κ1) is 13.0. The molecule has 19 heavy (non-hydrogen) atoms. The van der Waals surface area contributed by atoms with E-state index in [0.717, 1.165) is 51.6 Å². The lowest BCUT2D eigenvalue weighted by atomic mass is 9.81. The van der Waals surface area contributed by atoms with Gasteiger partial charge in [-0.05, 0) is 31.5 Å². The molecule has 3 rings (SSSR count). The van der Waals surface area contributed by atoms with Gasteiger partial charge in [0.1, 0.15) is 0 Å². The van der Waals surface area contributed by atoms with Crippen molar-refractivity contribution in [3.63, 3.8) is 0 Å². The third kappa shape index (κ3) is 3.32. The van der Waals surface area contributed by atoms with Crippen LogP contribution < -0.4 is 5.32 Å². The van der Waals surface area contributed by atoms with Gasteiger partial charge in [-0.1, -0.05) is 6.07 Å². The zero-order chi connectivity index (χ0) is 13.0. The molecule has 1 aromatic heterocycles. The number of aromatic nitrogens is 1. The van der Waals surface area contributed by atoms with Crippen LogP contribution in [0.1, 0.15) is 18.5 Å². The van der Waals surface area contributed by atoms with Crippen molar-refractivity contribution < 1.29 is 4.74 Å². The van der Waals surface area contributed by atoms with Gasteiger partial charge in [-0.2, -0.15) is 0 Å². The molecule has 0 bridgehead atoms. The van der Waals surface area contributed by atoms with Crippen LogP contribution in [0.5, 0.6) is 0 Å². The van der Waals surface area contributed by atoms with Gasteiger partial charge in [-0.3, -0.25) is 9.88 Å². The highest BCUT2D eigenvalue weighted by atomic mass is 16.5. The average molecular weight is 261 g/mol. The maximum absolute atomic E-state index is 5.85. The Kier molecular flexibility index (Phi) is 4.11. The third-order valence-electron chi connectivity index (χ3n) is 4.19. The minimum absolute atomic E-state index is 0.309. The molecular weight excluding hydrogens is 238 g/mol. The lowest BCUT2D eigenvalue weighted by Crippen LogP contribution is -2.48. The number of pyridine rings is 1. The number of hydrogen-bond acceptors (Lipinski definition) is 4. The first-order valence-electron chi connectivity index (χ1n) is 7.27. The van der Waals surface area contributed by atoms with Crippen LogP contribution in [0.2, 0.25) is 0 Å². The molecule has 2 saturated heterocycles. The number of piperidine rings is 1. The number of nitrogens with one attached hydrogen (secondary N) is 1. The van der Waals surface area contributed by atoms with Gasteiger partial charge >= 0.3 is 0 Å². The molecule has 2 fully saturated rings. The first-order valence-corrected chi connectivity index (χ1v) is 7.27. The molecule has 2 aliphatic heterocycles. The van der Waals surface area contributed by atoms with Crippen molar-refractivity contribution >= 4 is 0 Å². The first-order chi connectivity index (χ1) is 9.36. The molecule has 0 aromatic carbocycles. The summed E-state index contributed by atoms with van der Waals surface area (Å²) >= 11 is 0. The van der Waals surface area contributed by atoms with Crippen molar-refractivity contribution in [1.82, 2.24) is 15.2 Å². The normalized spacial score (nSPS) is 29.3. The summed E-state index contributed by atoms with van der Waals surface area (Å²) < 4.78 is 5.85. The van der Waals surface area contributed by atoms with E-state index in [4.69, 9.17) is 4.74 Å². The van der Waals surface area contributed by atoms with Gasteiger partial charge in [-0.15, -0.1) is 0 Å². The van der Waals surface area contributed by atoms with Crippen LogP contribution in [0.4, 0.5) is 0 Å². The Hall–Kier alpha value is -0.970. The van der Waals surface area contributed by atoms with E-state index in [0.29, 0.717) is 5.41 Å². The smallest absolute Gasteiger partial charge is 0.0593 e. The van der Waals surface area contributed by atoms with Crippen molar-refractivity contribution in [3.8, 4) is 0 Å². The summed E-state index contributed by atoms with van der Waals surface area (Å²) in [5, 5.41) is 3.54. The Labute approximate surface area is 115 Å². The molecule has 1 spiro atoms. The molecule has 4 heteroatoms. The lowest BCUT2D eigenvalue weighted by Gasteiger charge is -2.38. The van der Waals surface area contributed by atoms with Crippen LogP contribution in [-0.2, 0) is 11.3 Å². The summed E-state index contributed by atoms with van der Waals surface area (Å²) in [4.78, 5) is 6.94. The summed E-state index contributed by atoms with van der Waals surface area (Å²) in [5.74, 6) is 0. The largest absolute Gasteiger partial charge is 0.379 e. The molecule has 1 atom stereocenters. The predicted molar refractivity (Wildman–Crippen MR) is 74.9 cm³/mol. The van der Waals surface area contributed by atoms with Crippen LogP contribution in [0, 0.1) is 5.41 Å². The standard InChI is InChI=1S/C15H23N3O/c1-2-7-17-14(4-1)10-18-8-9-19-13-15(12-18)5-3-6-16-11-15/h1-2,4,7,16H,3,5-6,8-13H2/t15-/m0/s1. The van der Waals surface area contributed by atoms with Crippen molar-refractivity contribution in [2.45, 2.75) is 19.4 Å². The number of ether oxygens (including phenoxy) is 1. The maximum Gasteiger partial charge on any atom is 0.0593 e. The molecule has 1 N–H and O–H groups in total. The van der Waals surface area contributed by atoms with Crippen molar-refractivity contribution in [1.29, 1.82) is 0 Å². The minimum Gasteiger partial charge on any atom is -0.379 e. The molecule has 0 saturated carbocycles. The fraction of sp³-hybridized carbons (Fsp3) is 0.667. The van der Waals surface area contributed by atoms with E-state index in [1.165, 1.54) is 12.8 Å². The van der Waals surface area contributed by atoms with Crippen molar-refractivity contribution in [2.75, 3.05) is 39.4 Å². The topological polar surface area (TPSA) is 37.4 Å². The van der Waals surface area contributed by atoms with Gasteiger partial charge in [0.2, 0.25) is 0 Å². The molecule has 0 amide bonds. The van der Waals surface area contributed by atoms with Gasteiger partial charge in [0, 0.05) is 37.8 Å². The Bertz CT molecular complexity index is 390. The molecule has 104 valence electrons. The van der Waals surface area contributed by atoms with Crippen LogP contribution in [-0.4, -0.2) is 49.3 Å². The van der Waals surface area contributed by atoms with Gasteiger partial charge < -0.3 is 10.1 Å². The average Bonchev–Trinajstić information content (AvgIpc) is 2.63. The predicted octanol–water partition coefficient (Wildman–Crippen LogP) is 1.28. The number of rotatable bonds is 2. The van der Waals surface area contributed by atoms with E-state index >= 15 is 0 Å². The van der Waals surface area contributed by atoms with Crippen LogP contribution in [0.25, 0.3) is 0 Å². The Morgan fingerprint density at radius 1 is 1.42 bits per heavy atom.